The topological polar surface area (TPSA) is 59.3 Å². The van der Waals surface area contributed by atoms with E-state index in [1.807, 2.05) is 60.7 Å². The van der Waals surface area contributed by atoms with E-state index in [4.69, 9.17) is 14.7 Å². The third kappa shape index (κ3) is 4.49. The molecule has 4 nitrogen and oxygen atoms in total. The first kappa shape index (κ1) is 17.2. The van der Waals surface area contributed by atoms with Crippen molar-refractivity contribution >= 4 is 5.97 Å². The van der Waals surface area contributed by atoms with Gasteiger partial charge in [-0.1, -0.05) is 60.7 Å². The Morgan fingerprint density at radius 3 is 2.31 bits per heavy atom. The summed E-state index contributed by atoms with van der Waals surface area (Å²) in [4.78, 5) is 12.0. The molecule has 0 fully saturated rings. The summed E-state index contributed by atoms with van der Waals surface area (Å²) in [6.45, 7) is -0.0195. The molecule has 3 aromatic rings. The predicted octanol–water partition coefficient (Wildman–Crippen LogP) is 4.35. The first-order chi connectivity index (χ1) is 12.8. The number of nitrogens with zero attached hydrogens (tertiary/aromatic N) is 1. The number of hydrogen-bond acceptors (Lipinski definition) is 4. The van der Waals surface area contributed by atoms with Gasteiger partial charge in [0.15, 0.2) is 6.61 Å². The molecule has 26 heavy (non-hydrogen) atoms. The predicted molar refractivity (Wildman–Crippen MR) is 98.3 cm³/mol. The van der Waals surface area contributed by atoms with Crippen molar-refractivity contribution in [3.63, 3.8) is 0 Å². The van der Waals surface area contributed by atoms with Crippen molar-refractivity contribution in [1.82, 2.24) is 0 Å². The van der Waals surface area contributed by atoms with Crippen LogP contribution in [0.3, 0.4) is 0 Å². The third-order valence-corrected chi connectivity index (χ3v) is 3.80. The Morgan fingerprint density at radius 1 is 0.885 bits per heavy atom. The number of esters is 1. The molecule has 0 aliphatic rings. The zero-order valence-electron chi connectivity index (χ0n) is 14.1. The normalized spacial score (nSPS) is 9.96. The molecule has 3 rings (SSSR count). The number of carbonyl (C=O) groups is 1. The Bertz CT molecular complexity index is 912. The second kappa shape index (κ2) is 8.50. The molecule has 0 aliphatic carbocycles. The lowest BCUT2D eigenvalue weighted by molar-refractivity contribution is -0.147. The molecule has 0 spiro atoms. The van der Waals surface area contributed by atoms with E-state index >= 15 is 0 Å². The monoisotopic (exact) mass is 343 g/mol. The van der Waals surface area contributed by atoms with E-state index in [2.05, 4.69) is 0 Å². The van der Waals surface area contributed by atoms with Crippen molar-refractivity contribution in [3.8, 4) is 22.9 Å². The molecule has 0 saturated heterocycles. The fourth-order valence-electron chi connectivity index (χ4n) is 2.47. The van der Waals surface area contributed by atoms with Gasteiger partial charge in [0, 0.05) is 5.56 Å². The van der Waals surface area contributed by atoms with Crippen molar-refractivity contribution < 1.29 is 14.3 Å². The van der Waals surface area contributed by atoms with Gasteiger partial charge in [0.05, 0.1) is 11.6 Å². The summed E-state index contributed by atoms with van der Waals surface area (Å²) in [5, 5.41) is 8.78. The minimum atomic E-state index is -0.447. The third-order valence-electron chi connectivity index (χ3n) is 3.80. The van der Waals surface area contributed by atoms with Crippen LogP contribution < -0.4 is 4.74 Å². The van der Waals surface area contributed by atoms with E-state index in [9.17, 15) is 4.79 Å². The second-order valence-corrected chi connectivity index (χ2v) is 5.62. The van der Waals surface area contributed by atoms with E-state index in [-0.39, 0.29) is 13.2 Å². The Kier molecular flexibility index (Phi) is 5.64. The zero-order valence-corrected chi connectivity index (χ0v) is 14.1. The summed E-state index contributed by atoms with van der Waals surface area (Å²) in [6, 6.07) is 26.4. The standard InChI is InChI=1S/C22H17NO3/c23-14-17-10-12-18(13-11-17)15-26-22(24)16-25-21-9-5-4-8-20(21)19-6-2-1-3-7-19/h1-13H,15-16H2. The number of para-hydroxylation sites is 1. The largest absolute Gasteiger partial charge is 0.481 e. The van der Waals surface area contributed by atoms with Crippen LogP contribution >= 0.6 is 0 Å². The molecule has 0 atom stereocenters. The smallest absolute Gasteiger partial charge is 0.344 e. The van der Waals surface area contributed by atoms with Crippen molar-refractivity contribution in [1.29, 1.82) is 5.26 Å². The molecule has 0 unspecified atom stereocenters. The van der Waals surface area contributed by atoms with Gasteiger partial charge in [-0.3, -0.25) is 0 Å². The van der Waals surface area contributed by atoms with Gasteiger partial charge in [0.1, 0.15) is 12.4 Å². The van der Waals surface area contributed by atoms with Crippen molar-refractivity contribution in [3.05, 3.63) is 90.0 Å². The molecule has 0 heterocycles. The summed E-state index contributed by atoms with van der Waals surface area (Å²) >= 11 is 0. The lowest BCUT2D eigenvalue weighted by Crippen LogP contribution is -2.15. The molecule has 0 amide bonds. The molecule has 0 N–H and O–H groups in total. The maximum Gasteiger partial charge on any atom is 0.344 e. The fourth-order valence-corrected chi connectivity index (χ4v) is 2.47. The molecule has 128 valence electrons. The maximum absolute atomic E-state index is 12.0. The van der Waals surface area contributed by atoms with E-state index in [1.165, 1.54) is 0 Å². The van der Waals surface area contributed by atoms with Gasteiger partial charge in [-0.05, 0) is 29.3 Å². The van der Waals surface area contributed by atoms with Gasteiger partial charge < -0.3 is 9.47 Å². The molecule has 3 aromatic carbocycles. The van der Waals surface area contributed by atoms with E-state index < -0.39 is 5.97 Å². The summed E-state index contributed by atoms with van der Waals surface area (Å²) in [5.41, 5.74) is 3.34. The Labute approximate surface area is 152 Å². The average molecular weight is 343 g/mol. The Balaban J connectivity index is 1.57. The molecular weight excluding hydrogens is 326 g/mol. The van der Waals surface area contributed by atoms with Crippen LogP contribution in [0.15, 0.2) is 78.9 Å². The van der Waals surface area contributed by atoms with Gasteiger partial charge >= 0.3 is 5.97 Å². The second-order valence-electron chi connectivity index (χ2n) is 5.62. The highest BCUT2D eigenvalue weighted by Crippen LogP contribution is 2.29. The number of nitriles is 1. The number of hydrogen-bond donors (Lipinski definition) is 0. The maximum atomic E-state index is 12.0. The summed E-state index contributed by atoms with van der Waals surface area (Å²) < 4.78 is 10.9. The summed E-state index contributed by atoms with van der Waals surface area (Å²) in [7, 11) is 0. The lowest BCUT2D eigenvalue weighted by Gasteiger charge is -2.11. The quantitative estimate of drug-likeness (QED) is 0.625. The van der Waals surface area contributed by atoms with Crippen LogP contribution in [-0.2, 0) is 16.1 Å². The molecule has 0 bridgehead atoms. The minimum absolute atomic E-state index is 0.147. The molecule has 0 aliphatic heterocycles. The Morgan fingerprint density at radius 2 is 1.58 bits per heavy atom. The number of carbonyl (C=O) groups excluding carboxylic acids is 1. The zero-order chi connectivity index (χ0) is 18.2. The highest BCUT2D eigenvalue weighted by Gasteiger charge is 2.09. The molecule has 0 radical (unpaired) electrons. The van der Waals surface area contributed by atoms with Crippen molar-refractivity contribution in [2.45, 2.75) is 6.61 Å². The van der Waals surface area contributed by atoms with E-state index in [0.29, 0.717) is 11.3 Å². The number of rotatable bonds is 6. The van der Waals surface area contributed by atoms with Gasteiger partial charge in [-0.2, -0.15) is 5.26 Å². The molecule has 0 aromatic heterocycles. The highest BCUT2D eigenvalue weighted by atomic mass is 16.6. The van der Waals surface area contributed by atoms with Gasteiger partial charge in [0.25, 0.3) is 0 Å². The van der Waals surface area contributed by atoms with Crippen LogP contribution in [-0.4, -0.2) is 12.6 Å². The fraction of sp³-hybridized carbons (Fsp3) is 0.0909. The lowest BCUT2D eigenvalue weighted by atomic mass is 10.1. The van der Waals surface area contributed by atoms with Gasteiger partial charge in [-0.15, -0.1) is 0 Å². The van der Waals surface area contributed by atoms with Crippen LogP contribution in [0.1, 0.15) is 11.1 Å². The molecular formula is C22H17NO3. The first-order valence-electron chi connectivity index (χ1n) is 8.18. The van der Waals surface area contributed by atoms with Crippen LogP contribution in [0.25, 0.3) is 11.1 Å². The average Bonchev–Trinajstić information content (AvgIpc) is 2.72. The van der Waals surface area contributed by atoms with E-state index in [1.54, 1.807) is 24.3 Å². The summed E-state index contributed by atoms with van der Waals surface area (Å²) in [6.07, 6.45) is 0. The SMILES string of the molecule is N#Cc1ccc(COC(=O)COc2ccccc2-c2ccccc2)cc1. The Hall–Kier alpha value is -3.58. The van der Waals surface area contributed by atoms with Crippen LogP contribution in [0.5, 0.6) is 5.75 Å². The van der Waals surface area contributed by atoms with Crippen LogP contribution in [0.4, 0.5) is 0 Å². The van der Waals surface area contributed by atoms with Crippen molar-refractivity contribution in [2.24, 2.45) is 0 Å². The van der Waals surface area contributed by atoms with E-state index in [0.717, 1.165) is 16.7 Å². The van der Waals surface area contributed by atoms with Crippen molar-refractivity contribution in [2.75, 3.05) is 6.61 Å². The van der Waals surface area contributed by atoms with Crippen LogP contribution in [0.2, 0.25) is 0 Å². The van der Waals surface area contributed by atoms with Gasteiger partial charge in [0.2, 0.25) is 0 Å². The highest BCUT2D eigenvalue weighted by molar-refractivity contribution is 5.73. The summed E-state index contributed by atoms with van der Waals surface area (Å²) in [5.74, 6) is 0.186. The number of ether oxygens (including phenoxy) is 2. The minimum Gasteiger partial charge on any atom is -0.481 e. The molecule has 4 heteroatoms. The molecule has 0 saturated carbocycles. The van der Waals surface area contributed by atoms with Gasteiger partial charge in [-0.25, -0.2) is 4.79 Å². The number of benzene rings is 3. The first-order valence-corrected chi connectivity index (χ1v) is 8.18. The van der Waals surface area contributed by atoms with Crippen LogP contribution in [0, 0.1) is 11.3 Å².